The van der Waals surface area contributed by atoms with Crippen LogP contribution < -0.4 is 0 Å². The van der Waals surface area contributed by atoms with E-state index in [1.165, 1.54) is 0 Å². The molecule has 4 aromatic rings. The zero-order valence-corrected chi connectivity index (χ0v) is 30.6. The van der Waals surface area contributed by atoms with Gasteiger partial charge in [-0.1, -0.05) is 121 Å². The highest BCUT2D eigenvalue weighted by molar-refractivity contribution is 5.82. The first-order valence-corrected chi connectivity index (χ1v) is 18.2. The molecule has 2 saturated heterocycles. The van der Waals surface area contributed by atoms with Crippen molar-refractivity contribution in [2.75, 3.05) is 19.8 Å². The van der Waals surface area contributed by atoms with Crippen LogP contribution in [-0.4, -0.2) is 59.2 Å². The van der Waals surface area contributed by atoms with Gasteiger partial charge in [0.25, 0.3) is 0 Å². The van der Waals surface area contributed by atoms with E-state index in [0.29, 0.717) is 19.7 Å². The molecule has 0 amide bonds. The van der Waals surface area contributed by atoms with Crippen LogP contribution in [-0.2, 0) is 36.9 Å². The summed E-state index contributed by atoms with van der Waals surface area (Å²) in [6, 6.07) is 40.7. The van der Waals surface area contributed by atoms with Crippen LogP contribution >= 0.6 is 0 Å². The predicted octanol–water partition coefficient (Wildman–Crippen LogP) is 8.17. The summed E-state index contributed by atoms with van der Waals surface area (Å²) in [7, 11) is 0. The lowest BCUT2D eigenvalue weighted by molar-refractivity contribution is -0.173. The zero-order chi connectivity index (χ0) is 36.0. The lowest BCUT2D eigenvalue weighted by atomic mass is 9.72. The van der Waals surface area contributed by atoms with Gasteiger partial charge in [-0.2, -0.15) is 0 Å². The van der Waals surface area contributed by atoms with Crippen molar-refractivity contribution in [1.82, 2.24) is 9.80 Å². The number of nitrogens with zero attached hydrogens (tertiary/aromatic N) is 2. The van der Waals surface area contributed by atoms with Gasteiger partial charge in [0, 0.05) is 25.2 Å². The predicted molar refractivity (Wildman–Crippen MR) is 199 cm³/mol. The van der Waals surface area contributed by atoms with Crippen LogP contribution in [0.1, 0.15) is 75.4 Å². The summed E-state index contributed by atoms with van der Waals surface area (Å²) in [6.07, 6.45) is 0.246. The summed E-state index contributed by atoms with van der Waals surface area (Å²) in [5.41, 5.74) is 2.71. The van der Waals surface area contributed by atoms with Gasteiger partial charge in [-0.05, 0) is 63.3 Å². The maximum Gasteiger partial charge on any atom is 0.316 e. The van der Waals surface area contributed by atoms with Crippen molar-refractivity contribution in [3.05, 3.63) is 144 Å². The van der Waals surface area contributed by atoms with Crippen LogP contribution in [0.5, 0.6) is 0 Å². The number of hydrogen-bond donors (Lipinski definition) is 0. The van der Waals surface area contributed by atoms with E-state index < -0.39 is 16.9 Å². The smallest absolute Gasteiger partial charge is 0.316 e. The van der Waals surface area contributed by atoms with Crippen molar-refractivity contribution in [2.24, 2.45) is 11.3 Å². The minimum absolute atomic E-state index is 0.0193. The van der Waals surface area contributed by atoms with E-state index in [4.69, 9.17) is 14.2 Å². The van der Waals surface area contributed by atoms with Gasteiger partial charge in [-0.3, -0.25) is 19.4 Å². The number of rotatable bonds is 13. The molecule has 2 aliphatic heterocycles. The van der Waals surface area contributed by atoms with Crippen molar-refractivity contribution in [1.29, 1.82) is 0 Å². The normalized spacial score (nSPS) is 23.3. The molecule has 0 aromatic heterocycles. The van der Waals surface area contributed by atoms with Gasteiger partial charge < -0.3 is 14.2 Å². The van der Waals surface area contributed by atoms with Crippen LogP contribution in [0.25, 0.3) is 0 Å². The van der Waals surface area contributed by atoms with E-state index in [1.54, 1.807) is 0 Å². The molecule has 4 aromatic carbocycles. The van der Waals surface area contributed by atoms with Crippen LogP contribution in [0.3, 0.4) is 0 Å². The van der Waals surface area contributed by atoms with Gasteiger partial charge in [-0.25, -0.2) is 0 Å². The lowest BCUT2D eigenvalue weighted by Crippen LogP contribution is -2.56. The quantitative estimate of drug-likeness (QED) is 0.131. The van der Waals surface area contributed by atoms with Crippen molar-refractivity contribution in [3.8, 4) is 0 Å². The Kier molecular flexibility index (Phi) is 11.4. The number of hydrogen-bond acceptors (Lipinski definition) is 7. The minimum atomic E-state index is -1.13. The average molecular weight is 689 g/mol. The van der Waals surface area contributed by atoms with E-state index in [0.717, 1.165) is 22.3 Å². The number of cyclic esters (lactones) is 1. The minimum Gasteiger partial charge on any atom is -0.464 e. The largest absolute Gasteiger partial charge is 0.464 e. The van der Waals surface area contributed by atoms with E-state index in [9.17, 15) is 9.59 Å². The Labute approximate surface area is 303 Å². The van der Waals surface area contributed by atoms with Crippen molar-refractivity contribution in [2.45, 2.75) is 83.9 Å². The number of ether oxygens (including phenoxy) is 3. The van der Waals surface area contributed by atoms with Crippen LogP contribution in [0.15, 0.2) is 121 Å². The molecule has 0 saturated carbocycles. The first-order chi connectivity index (χ1) is 24.6. The molecule has 2 heterocycles. The van der Waals surface area contributed by atoms with Gasteiger partial charge in [0.05, 0.1) is 31.2 Å². The van der Waals surface area contributed by atoms with Gasteiger partial charge in [0.1, 0.15) is 17.6 Å². The Bertz CT molecular complexity index is 1710. The van der Waals surface area contributed by atoms with Gasteiger partial charge in [0.15, 0.2) is 0 Å². The molecule has 0 unspecified atom stereocenters. The molecule has 0 radical (unpaired) electrons. The first-order valence-electron chi connectivity index (χ1n) is 18.2. The molecule has 6 rings (SSSR count). The third-order valence-electron chi connectivity index (χ3n) is 10.6. The zero-order valence-electron chi connectivity index (χ0n) is 30.6. The van der Waals surface area contributed by atoms with E-state index >= 15 is 0 Å². The molecule has 0 aliphatic carbocycles. The molecule has 6 atom stereocenters. The maximum atomic E-state index is 14.8. The van der Waals surface area contributed by atoms with Crippen LogP contribution in [0, 0.1) is 11.3 Å². The fourth-order valence-corrected chi connectivity index (χ4v) is 7.85. The summed E-state index contributed by atoms with van der Waals surface area (Å²) >= 11 is 0. The maximum absolute atomic E-state index is 14.8. The van der Waals surface area contributed by atoms with E-state index in [2.05, 4.69) is 72.2 Å². The molecular weight excluding hydrogens is 636 g/mol. The van der Waals surface area contributed by atoms with Gasteiger partial charge >= 0.3 is 11.9 Å². The van der Waals surface area contributed by atoms with E-state index in [1.807, 2.05) is 93.6 Å². The highest BCUT2D eigenvalue weighted by atomic mass is 16.6. The molecular formula is C44H52N2O5. The third kappa shape index (κ3) is 8.44. The number of carbonyl (C=O) groups is 2. The Hall–Kier alpha value is -4.30. The highest BCUT2D eigenvalue weighted by Gasteiger charge is 2.59. The third-order valence-corrected chi connectivity index (χ3v) is 10.6. The fraction of sp³-hybridized carbons (Fsp3) is 0.409. The van der Waals surface area contributed by atoms with Gasteiger partial charge in [0.2, 0.25) is 0 Å². The molecule has 0 N–H and O–H groups in total. The fourth-order valence-electron chi connectivity index (χ4n) is 7.85. The second-order valence-electron chi connectivity index (χ2n) is 15.2. The topological polar surface area (TPSA) is 68.3 Å². The number of benzene rings is 4. The Balaban J connectivity index is 1.42. The average Bonchev–Trinajstić information content (AvgIpc) is 3.73. The monoisotopic (exact) mass is 688 g/mol. The summed E-state index contributed by atoms with van der Waals surface area (Å²) < 4.78 is 18.6. The standard InChI is InChI=1S/C44H52N2O5/c1-32(36-22-14-8-15-23-36)45(27-34-18-10-6-11-19-34)39-29-50-41(47)38(39)26-44(42(48)51-43(3,4)5)31-49-30-40(44)46(28-35-20-12-7-13-21-35)33(2)37-24-16-9-17-25-37/h6-25,32-33,38-40H,26-31H2,1-5H3/t32-,33-,38-,39-,40-,44+/m0/s1. The Morgan fingerprint density at radius 2 is 1.22 bits per heavy atom. The highest BCUT2D eigenvalue weighted by Crippen LogP contribution is 2.47. The second-order valence-corrected chi connectivity index (χ2v) is 15.2. The molecule has 2 aliphatic rings. The molecule has 7 heteroatoms. The molecule has 0 spiro atoms. The Morgan fingerprint density at radius 3 is 1.73 bits per heavy atom. The van der Waals surface area contributed by atoms with Crippen molar-refractivity contribution in [3.63, 3.8) is 0 Å². The first kappa shape index (κ1) is 36.5. The van der Waals surface area contributed by atoms with E-state index in [-0.39, 0.29) is 55.7 Å². The van der Waals surface area contributed by atoms with Crippen LogP contribution in [0.2, 0.25) is 0 Å². The lowest BCUT2D eigenvalue weighted by Gasteiger charge is -2.44. The number of carbonyl (C=O) groups excluding carboxylic acids is 2. The summed E-state index contributed by atoms with van der Waals surface area (Å²) in [4.78, 5) is 33.6. The second kappa shape index (κ2) is 15.9. The van der Waals surface area contributed by atoms with Crippen LogP contribution in [0.4, 0.5) is 0 Å². The number of esters is 2. The van der Waals surface area contributed by atoms with Crippen molar-refractivity contribution >= 4 is 11.9 Å². The molecule has 2 fully saturated rings. The van der Waals surface area contributed by atoms with Gasteiger partial charge in [-0.15, -0.1) is 0 Å². The SMILES string of the molecule is C[C@@H](c1ccccc1)N(Cc1ccccc1)[C@H]1COC[C@@]1(C[C@@H]1C(=O)OC[C@@H]1N(Cc1ccccc1)[C@@H](C)c1ccccc1)C(=O)OC(C)(C)C. The summed E-state index contributed by atoms with van der Waals surface area (Å²) in [6.45, 7) is 12.0. The molecule has 0 bridgehead atoms. The molecule has 7 nitrogen and oxygen atoms in total. The molecule has 51 heavy (non-hydrogen) atoms. The van der Waals surface area contributed by atoms with Crippen molar-refractivity contribution < 1.29 is 23.8 Å². The molecule has 268 valence electrons. The summed E-state index contributed by atoms with van der Waals surface area (Å²) in [5.74, 6) is -1.19. The Morgan fingerprint density at radius 1 is 0.745 bits per heavy atom. The summed E-state index contributed by atoms with van der Waals surface area (Å²) in [5, 5.41) is 0.